The first kappa shape index (κ1) is 44.4. The third-order valence-corrected chi connectivity index (χ3v) is 24.1. The van der Waals surface area contributed by atoms with Crippen LogP contribution >= 0.6 is 0 Å². The fraction of sp³-hybridized carbons (Fsp3) is 0.721. The van der Waals surface area contributed by atoms with Crippen LogP contribution in [0.15, 0.2) is 41.5 Å². The fourth-order valence-electron chi connectivity index (χ4n) is 10.8. The zero-order valence-electron chi connectivity index (χ0n) is 35.7. The number of aliphatic hydroxyl groups is 1. The fourth-order valence-corrected chi connectivity index (χ4v) is 16.4. The van der Waals surface area contributed by atoms with Crippen molar-refractivity contribution in [2.24, 2.45) is 16.7 Å². The predicted octanol–water partition coefficient (Wildman–Crippen LogP) is 7.71. The van der Waals surface area contributed by atoms with E-state index in [0.717, 1.165) is 36.3 Å². The molecule has 56 heavy (non-hydrogen) atoms. The number of benzene rings is 1. The van der Waals surface area contributed by atoms with E-state index in [1.165, 1.54) is 13.8 Å². The Morgan fingerprint density at radius 3 is 1.88 bits per heavy atom. The molecule has 2 saturated carbocycles. The molecule has 0 amide bonds. The summed E-state index contributed by atoms with van der Waals surface area (Å²) in [6.45, 7) is 22.6. The van der Waals surface area contributed by atoms with Gasteiger partial charge in [-0.25, -0.2) is 4.79 Å². The molecule has 1 aromatic rings. The van der Waals surface area contributed by atoms with Gasteiger partial charge in [-0.15, -0.1) is 0 Å². The van der Waals surface area contributed by atoms with E-state index >= 15 is 4.79 Å². The lowest BCUT2D eigenvalue weighted by atomic mass is 9.44. The number of carbonyl (C=O) groups is 4. The smallest absolute Gasteiger partial charge is 0.338 e. The molecule has 0 radical (unpaired) electrons. The van der Waals surface area contributed by atoms with Gasteiger partial charge in [0.25, 0.3) is 0 Å². The van der Waals surface area contributed by atoms with Crippen molar-refractivity contribution >= 4 is 40.3 Å². The molecular weight excluding hydrogens is 749 g/mol. The number of Topliss-reactive ketones (excluding diaryl/α,β-unsaturated/α-hetero) is 1. The molecule has 3 aliphatic carbocycles. The van der Waals surface area contributed by atoms with Crippen LogP contribution in [0.5, 0.6) is 0 Å². The van der Waals surface area contributed by atoms with E-state index < -0.39 is 93.0 Å². The van der Waals surface area contributed by atoms with E-state index in [1.54, 1.807) is 30.3 Å². The second kappa shape index (κ2) is 16.2. The van der Waals surface area contributed by atoms with Gasteiger partial charge in [-0.3, -0.25) is 14.4 Å². The highest BCUT2D eigenvalue weighted by Gasteiger charge is 2.78. The van der Waals surface area contributed by atoms with Crippen molar-refractivity contribution in [2.75, 3.05) is 6.61 Å². The summed E-state index contributed by atoms with van der Waals surface area (Å²) in [6.07, 6.45) is -5.01. The van der Waals surface area contributed by atoms with Gasteiger partial charge >= 0.3 is 17.9 Å². The maximum Gasteiger partial charge on any atom is 0.338 e. The normalized spacial score (nSPS) is 33.9. The Balaban J connectivity index is 1.94. The number of esters is 3. The van der Waals surface area contributed by atoms with Crippen LogP contribution < -0.4 is 0 Å². The summed E-state index contributed by atoms with van der Waals surface area (Å²) in [5.74, 6) is -3.31. The number of ether oxygens (including phenoxy) is 4. The van der Waals surface area contributed by atoms with Gasteiger partial charge in [0.2, 0.25) is 0 Å². The first-order valence-corrected chi connectivity index (χ1v) is 25.9. The molecule has 1 aliphatic heterocycles. The minimum absolute atomic E-state index is 0.0799. The van der Waals surface area contributed by atoms with E-state index in [0.29, 0.717) is 11.1 Å². The van der Waals surface area contributed by atoms with Gasteiger partial charge < -0.3 is 32.9 Å². The summed E-state index contributed by atoms with van der Waals surface area (Å²) < 4.78 is 40.2. The first-order valence-electron chi connectivity index (χ1n) is 20.8. The Bertz CT molecular complexity index is 1670. The SMILES string of the molecule is CC[Si](CC)(CC)O[C@H]1C(=O)[C@@]2(C)C([C@H](OC(=O)c3ccccc3)[C@]3(O)C[C@H](OC(C)=O)C(C)=C1C3(C)C)[C@]1(OC(C)=O)CO[C@@H]1C[C@@H]2O[Si](CC)(CC)CC. The Hall–Kier alpha value is -2.69. The molecule has 1 heterocycles. The lowest BCUT2D eigenvalue weighted by molar-refractivity contribution is -0.344. The molecule has 1 aromatic carbocycles. The molecule has 1 unspecified atom stereocenters. The summed E-state index contributed by atoms with van der Waals surface area (Å²) in [4.78, 5) is 57.0. The molecule has 13 heteroatoms. The molecule has 3 fully saturated rings. The van der Waals surface area contributed by atoms with Crippen LogP contribution in [0.25, 0.3) is 0 Å². The van der Waals surface area contributed by atoms with Gasteiger partial charge in [-0.05, 0) is 73.4 Å². The summed E-state index contributed by atoms with van der Waals surface area (Å²) in [6, 6.07) is 13.2. The second-order valence-corrected chi connectivity index (χ2v) is 26.9. The van der Waals surface area contributed by atoms with Crippen molar-refractivity contribution in [3.8, 4) is 0 Å². The van der Waals surface area contributed by atoms with Crippen LogP contribution in [-0.2, 0) is 42.2 Å². The van der Waals surface area contributed by atoms with E-state index in [1.807, 2.05) is 27.7 Å². The molecule has 9 atom stereocenters. The molecule has 0 spiro atoms. The van der Waals surface area contributed by atoms with Crippen molar-refractivity contribution in [1.82, 2.24) is 0 Å². The molecule has 11 nitrogen and oxygen atoms in total. The van der Waals surface area contributed by atoms with Crippen molar-refractivity contribution in [3.05, 3.63) is 47.0 Å². The van der Waals surface area contributed by atoms with Crippen LogP contribution in [-0.4, -0.2) is 93.8 Å². The molecule has 5 rings (SSSR count). The molecular formula is C43H66O11Si2. The summed E-state index contributed by atoms with van der Waals surface area (Å²) in [5.41, 5.74) is -4.93. The largest absolute Gasteiger partial charge is 0.458 e. The number of hydrogen-bond donors (Lipinski definition) is 1. The standard InChI is InChI=1S/C43H66O11Si2/c1-13-55(14-2,15-3)53-32-24-33-42(26-49-33,52-29(9)45)36-38(51-39(47)30-22-20-19-21-23-30)43(48)25-31(50-28(8)44)27(7)34(40(43,10)11)35(37(46)41(32,36)12)54-56(16-4,17-5)18-6/h19-23,31-33,35-36,38,48H,13-18,24-26H2,1-12H3/t31-,32-,33+,35+,36?,38-,41+,42-,43+/m0/s1. The van der Waals surface area contributed by atoms with E-state index in [2.05, 4.69) is 41.5 Å². The van der Waals surface area contributed by atoms with E-state index in [9.17, 15) is 19.5 Å². The third kappa shape index (κ3) is 6.99. The summed E-state index contributed by atoms with van der Waals surface area (Å²) >= 11 is 0. The lowest BCUT2D eigenvalue weighted by Crippen LogP contribution is -2.82. The predicted molar refractivity (Wildman–Crippen MR) is 217 cm³/mol. The Kier molecular flexibility index (Phi) is 12.8. The van der Waals surface area contributed by atoms with Crippen LogP contribution in [0.2, 0.25) is 36.3 Å². The minimum Gasteiger partial charge on any atom is -0.458 e. The maximum absolute atomic E-state index is 16.5. The molecule has 312 valence electrons. The van der Waals surface area contributed by atoms with Crippen molar-refractivity contribution in [1.29, 1.82) is 0 Å². The van der Waals surface area contributed by atoms with Gasteiger partial charge in [0, 0.05) is 32.1 Å². The van der Waals surface area contributed by atoms with E-state index in [-0.39, 0.29) is 30.8 Å². The Morgan fingerprint density at radius 1 is 0.839 bits per heavy atom. The quantitative estimate of drug-likeness (QED) is 0.0854. The second-order valence-electron chi connectivity index (χ2n) is 17.4. The number of rotatable bonds is 14. The van der Waals surface area contributed by atoms with Gasteiger partial charge in [-0.2, -0.15) is 0 Å². The molecule has 1 saturated heterocycles. The first-order chi connectivity index (χ1) is 26.3. The van der Waals surface area contributed by atoms with Gasteiger partial charge in [0.1, 0.15) is 30.0 Å². The third-order valence-electron chi connectivity index (χ3n) is 14.8. The van der Waals surface area contributed by atoms with Gasteiger partial charge in [0.05, 0.1) is 29.6 Å². The highest BCUT2D eigenvalue weighted by atomic mass is 28.4. The van der Waals surface area contributed by atoms with E-state index in [4.69, 9.17) is 27.8 Å². The zero-order valence-corrected chi connectivity index (χ0v) is 37.7. The number of fused-ring (bicyclic) bond motifs is 5. The average Bonchev–Trinajstić information content (AvgIpc) is 3.16. The Labute approximate surface area is 335 Å². The van der Waals surface area contributed by atoms with Crippen LogP contribution in [0, 0.1) is 16.7 Å². The van der Waals surface area contributed by atoms with Crippen LogP contribution in [0.1, 0.15) is 106 Å². The van der Waals surface area contributed by atoms with Crippen LogP contribution in [0.3, 0.4) is 0 Å². The Morgan fingerprint density at radius 2 is 1.39 bits per heavy atom. The number of hydrogen-bond acceptors (Lipinski definition) is 11. The maximum atomic E-state index is 16.5. The minimum atomic E-state index is -2.61. The molecule has 1 N–H and O–H groups in total. The molecule has 0 aromatic heterocycles. The molecule has 2 bridgehead atoms. The summed E-state index contributed by atoms with van der Waals surface area (Å²) in [5, 5.41) is 13.9. The van der Waals surface area contributed by atoms with Crippen LogP contribution in [0.4, 0.5) is 0 Å². The number of ketones is 1. The van der Waals surface area contributed by atoms with Gasteiger partial charge in [-0.1, -0.05) is 73.6 Å². The van der Waals surface area contributed by atoms with Crippen molar-refractivity contribution in [2.45, 2.75) is 174 Å². The zero-order chi connectivity index (χ0) is 41.6. The van der Waals surface area contributed by atoms with Crippen molar-refractivity contribution in [3.63, 3.8) is 0 Å². The highest BCUT2D eigenvalue weighted by Crippen LogP contribution is 2.65. The number of carbonyl (C=O) groups excluding carboxylic acids is 4. The monoisotopic (exact) mass is 814 g/mol. The highest BCUT2D eigenvalue weighted by molar-refractivity contribution is 6.74. The van der Waals surface area contributed by atoms with Crippen molar-refractivity contribution < 1.29 is 52.1 Å². The van der Waals surface area contributed by atoms with Gasteiger partial charge in [0.15, 0.2) is 28.0 Å². The topological polar surface area (TPSA) is 144 Å². The summed E-state index contributed by atoms with van der Waals surface area (Å²) in [7, 11) is -5.08. The lowest BCUT2D eigenvalue weighted by Gasteiger charge is -2.68. The molecule has 4 aliphatic rings. The average molecular weight is 815 g/mol.